The molecule has 2 nitrogen and oxygen atoms in total. The van der Waals surface area contributed by atoms with Gasteiger partial charge in [-0.05, 0) is 17.7 Å². The molecule has 0 heterocycles. The SMILES string of the molecule is C[S+](C)/N=C(\[O-])c1ccc(Br)cc1. The van der Waals surface area contributed by atoms with E-state index in [9.17, 15) is 5.11 Å². The second-order valence-corrected chi connectivity index (χ2v) is 5.32. The van der Waals surface area contributed by atoms with Crippen LogP contribution in [0.4, 0.5) is 0 Å². The quantitative estimate of drug-likeness (QED) is 0.449. The summed E-state index contributed by atoms with van der Waals surface area (Å²) in [4.78, 5) is 0. The number of hydrogen-bond acceptors (Lipinski definition) is 2. The van der Waals surface area contributed by atoms with E-state index in [0.29, 0.717) is 5.56 Å². The van der Waals surface area contributed by atoms with Crippen molar-refractivity contribution in [2.75, 3.05) is 12.5 Å². The first-order valence-corrected chi connectivity index (χ1v) is 6.48. The highest BCUT2D eigenvalue weighted by molar-refractivity contribution is 9.10. The van der Waals surface area contributed by atoms with E-state index in [1.165, 1.54) is 0 Å². The molecule has 0 amide bonds. The fourth-order valence-electron chi connectivity index (χ4n) is 0.811. The molecule has 0 atom stereocenters. The summed E-state index contributed by atoms with van der Waals surface area (Å²) >= 11 is 3.12. The van der Waals surface area contributed by atoms with E-state index in [1.807, 2.05) is 24.6 Å². The third kappa shape index (κ3) is 3.40. The van der Waals surface area contributed by atoms with E-state index in [2.05, 4.69) is 20.3 Å². The van der Waals surface area contributed by atoms with Crippen molar-refractivity contribution in [2.24, 2.45) is 4.40 Å². The molecule has 0 aliphatic heterocycles. The van der Waals surface area contributed by atoms with Crippen LogP contribution in [-0.4, -0.2) is 18.4 Å². The highest BCUT2D eigenvalue weighted by Crippen LogP contribution is 2.10. The molecular formula is C9H10BrNOS. The third-order valence-corrected chi connectivity index (χ3v) is 2.42. The van der Waals surface area contributed by atoms with E-state index in [0.717, 1.165) is 4.47 Å². The second-order valence-electron chi connectivity index (χ2n) is 2.68. The van der Waals surface area contributed by atoms with Gasteiger partial charge >= 0.3 is 0 Å². The summed E-state index contributed by atoms with van der Waals surface area (Å²) in [6.07, 6.45) is 3.83. The van der Waals surface area contributed by atoms with Crippen LogP contribution in [-0.2, 0) is 11.1 Å². The van der Waals surface area contributed by atoms with Crippen LogP contribution < -0.4 is 5.11 Å². The highest BCUT2D eigenvalue weighted by Gasteiger charge is 1.99. The maximum atomic E-state index is 11.4. The topological polar surface area (TPSA) is 35.4 Å². The van der Waals surface area contributed by atoms with Crippen LogP contribution >= 0.6 is 15.9 Å². The lowest BCUT2D eigenvalue weighted by Crippen LogP contribution is -2.20. The minimum Gasteiger partial charge on any atom is -0.855 e. The molecule has 0 unspecified atom stereocenters. The van der Waals surface area contributed by atoms with Gasteiger partial charge in [0.2, 0.25) is 0 Å². The fourth-order valence-corrected chi connectivity index (χ4v) is 1.51. The zero-order chi connectivity index (χ0) is 9.84. The molecule has 1 aromatic carbocycles. The Balaban J connectivity index is 2.89. The number of benzene rings is 1. The molecule has 0 saturated carbocycles. The largest absolute Gasteiger partial charge is 0.855 e. The van der Waals surface area contributed by atoms with E-state index >= 15 is 0 Å². The molecule has 0 N–H and O–H groups in total. The molecule has 13 heavy (non-hydrogen) atoms. The van der Waals surface area contributed by atoms with Gasteiger partial charge in [-0.2, -0.15) is 0 Å². The molecular weight excluding hydrogens is 250 g/mol. The zero-order valence-corrected chi connectivity index (χ0v) is 9.85. The predicted molar refractivity (Wildman–Crippen MR) is 59.9 cm³/mol. The smallest absolute Gasteiger partial charge is 0.125 e. The monoisotopic (exact) mass is 259 g/mol. The summed E-state index contributed by atoms with van der Waals surface area (Å²) in [7, 11) is 0. The molecule has 0 saturated heterocycles. The van der Waals surface area contributed by atoms with Gasteiger partial charge in [0.25, 0.3) is 0 Å². The average molecular weight is 260 g/mol. The first-order valence-electron chi connectivity index (χ1n) is 3.69. The van der Waals surface area contributed by atoms with Crippen molar-refractivity contribution in [3.05, 3.63) is 34.3 Å². The van der Waals surface area contributed by atoms with Crippen LogP contribution in [0.3, 0.4) is 0 Å². The van der Waals surface area contributed by atoms with Crippen molar-refractivity contribution < 1.29 is 5.11 Å². The van der Waals surface area contributed by atoms with Crippen molar-refractivity contribution in [1.29, 1.82) is 0 Å². The molecule has 4 heteroatoms. The third-order valence-electron chi connectivity index (χ3n) is 1.36. The van der Waals surface area contributed by atoms with Crippen molar-refractivity contribution in [3.63, 3.8) is 0 Å². The van der Waals surface area contributed by atoms with Gasteiger partial charge in [0.15, 0.2) is 0 Å². The molecule has 0 aromatic heterocycles. The second kappa shape index (κ2) is 4.67. The zero-order valence-electron chi connectivity index (χ0n) is 7.45. The lowest BCUT2D eigenvalue weighted by atomic mass is 10.2. The first kappa shape index (κ1) is 10.6. The summed E-state index contributed by atoms with van der Waals surface area (Å²) in [6, 6.07) is 7.21. The van der Waals surface area contributed by atoms with Crippen molar-refractivity contribution >= 4 is 32.9 Å². The maximum Gasteiger partial charge on any atom is 0.125 e. The van der Waals surface area contributed by atoms with Gasteiger partial charge in [-0.25, -0.2) is 0 Å². The van der Waals surface area contributed by atoms with Crippen molar-refractivity contribution in [1.82, 2.24) is 0 Å². The molecule has 0 radical (unpaired) electrons. The average Bonchev–Trinajstić information content (AvgIpc) is 2.04. The van der Waals surface area contributed by atoms with Crippen LogP contribution in [0, 0.1) is 0 Å². The number of hydrogen-bond donors (Lipinski definition) is 0. The Morgan fingerprint density at radius 3 is 2.31 bits per heavy atom. The van der Waals surface area contributed by atoms with Crippen LogP contribution in [0.2, 0.25) is 0 Å². The maximum absolute atomic E-state index is 11.4. The van der Waals surface area contributed by atoms with Crippen molar-refractivity contribution in [3.8, 4) is 0 Å². The Bertz CT molecular complexity index is 308. The van der Waals surface area contributed by atoms with Crippen molar-refractivity contribution in [2.45, 2.75) is 0 Å². The van der Waals surface area contributed by atoms with E-state index in [-0.39, 0.29) is 17.0 Å². The summed E-state index contributed by atoms with van der Waals surface area (Å²) < 4.78 is 4.92. The Morgan fingerprint density at radius 2 is 1.85 bits per heavy atom. The Kier molecular flexibility index (Phi) is 3.81. The number of nitrogens with zero attached hydrogens (tertiary/aromatic N) is 1. The van der Waals surface area contributed by atoms with Gasteiger partial charge in [0.1, 0.15) is 23.6 Å². The Hall–Kier alpha value is -0.480. The van der Waals surface area contributed by atoms with Crippen LogP contribution in [0.15, 0.2) is 33.1 Å². The van der Waals surface area contributed by atoms with Crippen LogP contribution in [0.5, 0.6) is 0 Å². The summed E-state index contributed by atoms with van der Waals surface area (Å²) in [5.41, 5.74) is 0.643. The van der Waals surface area contributed by atoms with E-state index in [1.54, 1.807) is 12.1 Å². The summed E-state index contributed by atoms with van der Waals surface area (Å²) in [6.45, 7) is 0. The molecule has 0 fully saturated rings. The van der Waals surface area contributed by atoms with Gasteiger partial charge in [-0.15, -0.1) is 0 Å². The molecule has 0 aliphatic carbocycles. The van der Waals surface area contributed by atoms with E-state index < -0.39 is 0 Å². The number of halogens is 1. The van der Waals surface area contributed by atoms with Gasteiger partial charge in [-0.1, -0.05) is 32.5 Å². The van der Waals surface area contributed by atoms with E-state index in [4.69, 9.17) is 0 Å². The molecule has 1 rings (SSSR count). The normalized spacial score (nSPS) is 12.2. The van der Waals surface area contributed by atoms with Gasteiger partial charge in [0.05, 0.1) is 0 Å². The molecule has 0 spiro atoms. The minimum atomic E-state index is -0.188. The predicted octanol–water partition coefficient (Wildman–Crippen LogP) is 1.35. The highest BCUT2D eigenvalue weighted by atomic mass is 79.9. The lowest BCUT2D eigenvalue weighted by Gasteiger charge is -2.07. The molecule has 70 valence electrons. The molecule has 0 bridgehead atoms. The summed E-state index contributed by atoms with van der Waals surface area (Å²) in [5, 5.41) is 11.4. The Morgan fingerprint density at radius 1 is 1.31 bits per heavy atom. The first-order chi connectivity index (χ1) is 6.09. The number of rotatable bonds is 2. The van der Waals surface area contributed by atoms with Gasteiger partial charge in [-0.3, -0.25) is 0 Å². The summed E-state index contributed by atoms with van der Waals surface area (Å²) in [5.74, 6) is -0.138. The standard InChI is InChI=1S/C9H10BrNOS/c1-13(2)11-9(12)7-3-5-8(10)6-4-7/h3-6H,1-2H3. The van der Waals surface area contributed by atoms with Crippen LogP contribution in [0.25, 0.3) is 0 Å². The van der Waals surface area contributed by atoms with Gasteiger partial charge in [0, 0.05) is 10.4 Å². The fraction of sp³-hybridized carbons (Fsp3) is 0.222. The van der Waals surface area contributed by atoms with Gasteiger partial charge < -0.3 is 5.11 Å². The lowest BCUT2D eigenvalue weighted by molar-refractivity contribution is -0.212. The molecule has 0 aliphatic rings. The molecule has 1 aromatic rings. The Labute approximate surface area is 89.3 Å². The minimum absolute atomic E-state index is 0.138. The van der Waals surface area contributed by atoms with Crippen LogP contribution in [0.1, 0.15) is 5.56 Å².